The van der Waals surface area contributed by atoms with E-state index in [1.807, 2.05) is 25.1 Å². The van der Waals surface area contributed by atoms with E-state index in [0.29, 0.717) is 30.0 Å². The van der Waals surface area contributed by atoms with Gasteiger partial charge >= 0.3 is 0 Å². The maximum Gasteiger partial charge on any atom is 0.161 e. The molecule has 0 atom stereocenters. The lowest BCUT2D eigenvalue weighted by Crippen LogP contribution is -2.18. The third-order valence-electron chi connectivity index (χ3n) is 4.99. The number of allylic oxidation sites excluding steroid dienone is 4. The second kappa shape index (κ2) is 7.23. The number of carbonyl (C=O) groups excluding carboxylic acids is 1. The summed E-state index contributed by atoms with van der Waals surface area (Å²) in [4.78, 5) is 12.6. The molecule has 0 aromatic heterocycles. The molecular weight excluding hydrogens is 344 g/mol. The van der Waals surface area contributed by atoms with Crippen LogP contribution in [0.15, 0.2) is 34.4 Å². The second-order valence-corrected chi connectivity index (χ2v) is 9.72. The number of hydrogen-bond acceptors (Lipinski definition) is 2. The molecule has 1 aliphatic rings. The Morgan fingerprint density at radius 2 is 1.58 bits per heavy atom. The standard InChI is InChI=1S/C23H31ClO2/c1-14-8-10-16(20(14)24)19(25)11-9-15-12-17(22(2,3)4)21(26)18(13-15)23(5,6)7/h8,12-13,26H,9-11H2,1-7H3. The first kappa shape index (κ1) is 20.8. The Bertz CT molecular complexity index is 748. The van der Waals surface area contributed by atoms with Gasteiger partial charge in [0.25, 0.3) is 0 Å². The van der Waals surface area contributed by atoms with Crippen LogP contribution in [-0.4, -0.2) is 10.9 Å². The van der Waals surface area contributed by atoms with Crippen LogP contribution in [0.2, 0.25) is 0 Å². The number of phenols is 1. The van der Waals surface area contributed by atoms with Crippen LogP contribution >= 0.6 is 11.6 Å². The fourth-order valence-corrected chi connectivity index (χ4v) is 3.56. The van der Waals surface area contributed by atoms with Gasteiger partial charge in [-0.15, -0.1) is 0 Å². The predicted octanol–water partition coefficient (Wildman–Crippen LogP) is 6.33. The summed E-state index contributed by atoms with van der Waals surface area (Å²) in [7, 11) is 0. The number of aryl methyl sites for hydroxylation is 1. The van der Waals surface area contributed by atoms with E-state index >= 15 is 0 Å². The smallest absolute Gasteiger partial charge is 0.161 e. The molecule has 0 fully saturated rings. The molecule has 0 spiro atoms. The minimum atomic E-state index is -0.164. The zero-order valence-corrected chi connectivity index (χ0v) is 17.8. The lowest BCUT2D eigenvalue weighted by atomic mass is 9.78. The highest BCUT2D eigenvalue weighted by molar-refractivity contribution is 6.34. The van der Waals surface area contributed by atoms with Crippen molar-refractivity contribution in [3.63, 3.8) is 0 Å². The molecule has 2 rings (SSSR count). The summed E-state index contributed by atoms with van der Waals surface area (Å²) < 4.78 is 0. The van der Waals surface area contributed by atoms with Gasteiger partial charge in [0.2, 0.25) is 0 Å². The Hall–Kier alpha value is -1.54. The Balaban J connectivity index is 2.31. The first-order chi connectivity index (χ1) is 11.8. The molecule has 1 N–H and O–H groups in total. The van der Waals surface area contributed by atoms with Crippen LogP contribution in [-0.2, 0) is 22.0 Å². The van der Waals surface area contributed by atoms with Crippen LogP contribution in [0.25, 0.3) is 0 Å². The normalized spacial score (nSPS) is 15.5. The van der Waals surface area contributed by atoms with E-state index in [0.717, 1.165) is 27.8 Å². The van der Waals surface area contributed by atoms with Crippen molar-refractivity contribution in [3.8, 4) is 5.75 Å². The predicted molar refractivity (Wildman–Crippen MR) is 110 cm³/mol. The van der Waals surface area contributed by atoms with E-state index in [-0.39, 0.29) is 16.6 Å². The number of halogens is 1. The molecule has 26 heavy (non-hydrogen) atoms. The third-order valence-corrected chi connectivity index (χ3v) is 5.51. The van der Waals surface area contributed by atoms with Gasteiger partial charge in [-0.3, -0.25) is 4.79 Å². The summed E-state index contributed by atoms with van der Waals surface area (Å²) in [5.74, 6) is 0.493. The van der Waals surface area contributed by atoms with Gasteiger partial charge in [-0.2, -0.15) is 0 Å². The number of hydrogen-bond donors (Lipinski definition) is 1. The summed E-state index contributed by atoms with van der Waals surface area (Å²) in [5.41, 5.74) is 4.35. The highest BCUT2D eigenvalue weighted by Crippen LogP contribution is 2.40. The van der Waals surface area contributed by atoms with E-state index in [1.165, 1.54) is 0 Å². The van der Waals surface area contributed by atoms with Gasteiger partial charge in [0, 0.05) is 12.0 Å². The average molecular weight is 375 g/mol. The summed E-state index contributed by atoms with van der Waals surface area (Å²) in [5, 5.41) is 11.4. The third kappa shape index (κ3) is 4.40. The fourth-order valence-electron chi connectivity index (χ4n) is 3.30. The molecule has 0 bridgehead atoms. The first-order valence-electron chi connectivity index (χ1n) is 9.28. The lowest BCUT2D eigenvalue weighted by molar-refractivity contribution is -0.115. The molecule has 0 heterocycles. The number of carbonyl (C=O) groups is 1. The van der Waals surface area contributed by atoms with Crippen LogP contribution in [0.3, 0.4) is 0 Å². The molecule has 1 aliphatic carbocycles. The Labute approximate surface area is 163 Å². The molecule has 0 radical (unpaired) electrons. The molecule has 1 aromatic carbocycles. The summed E-state index contributed by atoms with van der Waals surface area (Å²) in [6.07, 6.45) is 3.73. The van der Waals surface area contributed by atoms with Crippen molar-refractivity contribution >= 4 is 17.4 Å². The zero-order chi connectivity index (χ0) is 19.9. The van der Waals surface area contributed by atoms with E-state index in [2.05, 4.69) is 41.5 Å². The maximum atomic E-state index is 12.6. The molecule has 142 valence electrons. The second-order valence-electron chi connectivity index (χ2n) is 9.35. The van der Waals surface area contributed by atoms with E-state index in [9.17, 15) is 9.90 Å². The van der Waals surface area contributed by atoms with Gasteiger partial charge in [-0.05, 0) is 52.9 Å². The van der Waals surface area contributed by atoms with Gasteiger partial charge in [0.15, 0.2) is 5.78 Å². The van der Waals surface area contributed by atoms with Crippen molar-refractivity contribution in [2.75, 3.05) is 0 Å². The van der Waals surface area contributed by atoms with Gasteiger partial charge in [0.1, 0.15) is 5.75 Å². The van der Waals surface area contributed by atoms with E-state index < -0.39 is 0 Å². The molecule has 3 heteroatoms. The van der Waals surface area contributed by atoms with Crippen molar-refractivity contribution in [2.45, 2.75) is 78.6 Å². The van der Waals surface area contributed by atoms with Crippen molar-refractivity contribution in [2.24, 2.45) is 0 Å². The van der Waals surface area contributed by atoms with E-state index in [4.69, 9.17) is 11.6 Å². The minimum absolute atomic E-state index is 0.116. The van der Waals surface area contributed by atoms with Crippen LogP contribution in [0, 0.1) is 0 Å². The first-order valence-corrected chi connectivity index (χ1v) is 9.66. The molecule has 1 aromatic rings. The number of Topliss-reactive ketones (excluding diaryl/α,β-unsaturated/α-hetero) is 1. The van der Waals surface area contributed by atoms with Crippen molar-refractivity contribution in [1.29, 1.82) is 0 Å². The number of benzene rings is 1. The van der Waals surface area contributed by atoms with Gasteiger partial charge in [0.05, 0.1) is 5.03 Å². The lowest BCUT2D eigenvalue weighted by Gasteiger charge is -2.28. The average Bonchev–Trinajstić information content (AvgIpc) is 2.83. The number of ketones is 1. The molecule has 2 nitrogen and oxygen atoms in total. The number of phenolic OH excluding ortho intramolecular Hbond substituents is 1. The van der Waals surface area contributed by atoms with Crippen LogP contribution < -0.4 is 0 Å². The largest absolute Gasteiger partial charge is 0.507 e. The molecular formula is C23H31ClO2. The topological polar surface area (TPSA) is 37.3 Å². The zero-order valence-electron chi connectivity index (χ0n) is 17.1. The molecule has 0 unspecified atom stereocenters. The number of aromatic hydroxyl groups is 1. The SMILES string of the molecule is CC1=CCC(C(=O)CCc2cc(C(C)(C)C)c(O)c(C(C)(C)C)c2)=C1Cl. The maximum absolute atomic E-state index is 12.6. The van der Waals surface area contributed by atoms with Gasteiger partial charge in [-0.25, -0.2) is 0 Å². The molecule has 0 saturated carbocycles. The van der Waals surface area contributed by atoms with Gasteiger partial charge < -0.3 is 5.11 Å². The van der Waals surface area contributed by atoms with Crippen LogP contribution in [0.4, 0.5) is 0 Å². The Morgan fingerprint density at radius 3 is 1.96 bits per heavy atom. The molecule has 0 amide bonds. The van der Waals surface area contributed by atoms with Crippen molar-refractivity contribution < 1.29 is 9.90 Å². The van der Waals surface area contributed by atoms with Crippen molar-refractivity contribution in [3.05, 3.63) is 51.1 Å². The highest BCUT2D eigenvalue weighted by atomic mass is 35.5. The van der Waals surface area contributed by atoms with Crippen LogP contribution in [0.5, 0.6) is 5.75 Å². The van der Waals surface area contributed by atoms with Crippen LogP contribution in [0.1, 0.15) is 78.0 Å². The molecule has 0 saturated heterocycles. The number of rotatable bonds is 4. The van der Waals surface area contributed by atoms with Crippen molar-refractivity contribution in [1.82, 2.24) is 0 Å². The Kier molecular flexibility index (Phi) is 5.77. The highest BCUT2D eigenvalue weighted by Gasteiger charge is 2.27. The fraction of sp³-hybridized carbons (Fsp3) is 0.522. The summed E-state index contributed by atoms with van der Waals surface area (Å²) in [6, 6.07) is 4.10. The quantitative estimate of drug-likeness (QED) is 0.668. The van der Waals surface area contributed by atoms with Gasteiger partial charge in [-0.1, -0.05) is 71.4 Å². The monoisotopic (exact) mass is 374 g/mol. The summed E-state index contributed by atoms with van der Waals surface area (Å²) in [6.45, 7) is 14.5. The molecule has 0 aliphatic heterocycles. The van der Waals surface area contributed by atoms with E-state index in [1.54, 1.807) is 0 Å². The Morgan fingerprint density at radius 1 is 1.08 bits per heavy atom. The minimum Gasteiger partial charge on any atom is -0.507 e. The summed E-state index contributed by atoms with van der Waals surface area (Å²) >= 11 is 6.25.